The third-order valence-corrected chi connectivity index (χ3v) is 5.99. The molecule has 1 aromatic carbocycles. The number of halogens is 1. The predicted molar refractivity (Wildman–Crippen MR) is 113 cm³/mol. The maximum Gasteiger partial charge on any atom is 0.145 e. The Labute approximate surface area is 170 Å². The van der Waals surface area contributed by atoms with Gasteiger partial charge in [0.2, 0.25) is 0 Å². The quantitative estimate of drug-likeness (QED) is 0.498. The molecule has 1 saturated carbocycles. The van der Waals surface area contributed by atoms with E-state index in [2.05, 4.69) is 53.8 Å². The maximum atomic E-state index is 6.09. The lowest BCUT2D eigenvalue weighted by Gasteiger charge is -2.15. The summed E-state index contributed by atoms with van der Waals surface area (Å²) >= 11 is 3.46. The second-order valence-electron chi connectivity index (χ2n) is 7.37. The van der Waals surface area contributed by atoms with Crippen LogP contribution in [0.1, 0.15) is 25.3 Å². The minimum Gasteiger partial charge on any atom is -0.493 e. The highest BCUT2D eigenvalue weighted by Gasteiger charge is 2.27. The van der Waals surface area contributed by atoms with Crippen LogP contribution in [0.3, 0.4) is 0 Å². The Morgan fingerprint density at radius 2 is 2.07 bits per heavy atom. The summed E-state index contributed by atoms with van der Waals surface area (Å²) in [5.41, 5.74) is 7.83. The van der Waals surface area contributed by atoms with Gasteiger partial charge in [-0.1, -0.05) is 0 Å². The summed E-state index contributed by atoms with van der Waals surface area (Å²) in [6.45, 7) is 0.717. The molecule has 3 heterocycles. The van der Waals surface area contributed by atoms with Crippen molar-refractivity contribution in [3.05, 3.63) is 53.5 Å². The molecular formula is C21H20BrN5O. The molecule has 1 fully saturated rings. The lowest BCUT2D eigenvalue weighted by molar-refractivity contribution is 0.248. The number of nitrogens with two attached hydrogens (primary N) is 1. The average molecular weight is 438 g/mol. The number of fused-ring (bicyclic) bond motifs is 2. The molecule has 0 unspecified atom stereocenters. The Bertz CT molecular complexity index is 1160. The van der Waals surface area contributed by atoms with Gasteiger partial charge in [-0.15, -0.1) is 0 Å². The van der Waals surface area contributed by atoms with E-state index in [0.29, 0.717) is 17.8 Å². The molecule has 2 N–H and O–H groups in total. The van der Waals surface area contributed by atoms with E-state index < -0.39 is 0 Å². The van der Waals surface area contributed by atoms with Crippen molar-refractivity contribution in [3.63, 3.8) is 0 Å². The zero-order valence-electron chi connectivity index (χ0n) is 15.3. The van der Waals surface area contributed by atoms with E-state index in [-0.39, 0.29) is 0 Å². The van der Waals surface area contributed by atoms with E-state index in [1.807, 2.05) is 24.4 Å². The first-order chi connectivity index (χ1) is 13.7. The molecule has 0 radical (unpaired) electrons. The van der Waals surface area contributed by atoms with Gasteiger partial charge in [-0.25, -0.2) is 9.97 Å². The minimum atomic E-state index is 0.427. The molecule has 0 aliphatic heterocycles. The number of anilines is 1. The molecule has 0 amide bonds. The molecule has 0 spiro atoms. The molecule has 4 aromatic rings. The Hall–Kier alpha value is -2.67. The summed E-state index contributed by atoms with van der Waals surface area (Å²) in [5, 5.41) is 2.03. The second-order valence-corrected chi connectivity index (χ2v) is 8.29. The molecule has 7 heteroatoms. The van der Waals surface area contributed by atoms with Crippen LogP contribution in [0.2, 0.25) is 0 Å². The van der Waals surface area contributed by atoms with Crippen molar-refractivity contribution in [2.24, 2.45) is 5.92 Å². The van der Waals surface area contributed by atoms with Crippen molar-refractivity contribution in [3.8, 4) is 5.75 Å². The number of benzene rings is 1. The van der Waals surface area contributed by atoms with Crippen molar-refractivity contribution in [1.29, 1.82) is 0 Å². The van der Waals surface area contributed by atoms with Crippen LogP contribution < -0.4 is 10.5 Å². The third kappa shape index (κ3) is 3.20. The topological polar surface area (TPSA) is 78.8 Å². The lowest BCUT2D eigenvalue weighted by atomic mass is 10.1. The summed E-state index contributed by atoms with van der Waals surface area (Å²) in [6, 6.07) is 10.6. The molecule has 1 aliphatic carbocycles. The zero-order valence-corrected chi connectivity index (χ0v) is 16.8. The number of nitrogen functional groups attached to an aromatic ring is 1. The lowest BCUT2D eigenvalue weighted by Crippen LogP contribution is -2.10. The molecule has 6 nitrogen and oxygen atoms in total. The molecule has 1 aliphatic rings. The molecule has 2 atom stereocenters. The van der Waals surface area contributed by atoms with Crippen LogP contribution in [-0.2, 0) is 0 Å². The number of pyridine rings is 1. The van der Waals surface area contributed by atoms with Gasteiger partial charge in [0.05, 0.1) is 17.5 Å². The highest BCUT2D eigenvalue weighted by molar-refractivity contribution is 9.10. The molecule has 0 bridgehead atoms. The molecule has 5 rings (SSSR count). The number of aromatic nitrogens is 4. The van der Waals surface area contributed by atoms with E-state index in [1.54, 1.807) is 0 Å². The Kier molecular flexibility index (Phi) is 4.39. The van der Waals surface area contributed by atoms with E-state index in [9.17, 15) is 0 Å². The first-order valence-electron chi connectivity index (χ1n) is 9.42. The maximum absolute atomic E-state index is 6.09. The fraction of sp³-hybridized carbons (Fsp3) is 0.286. The van der Waals surface area contributed by atoms with Gasteiger partial charge in [0.25, 0.3) is 0 Å². The Morgan fingerprint density at radius 3 is 3.00 bits per heavy atom. The summed E-state index contributed by atoms with van der Waals surface area (Å²) in [7, 11) is 0. The highest BCUT2D eigenvalue weighted by Crippen LogP contribution is 2.37. The van der Waals surface area contributed by atoms with Crippen LogP contribution in [0.4, 0.5) is 5.82 Å². The minimum absolute atomic E-state index is 0.427. The van der Waals surface area contributed by atoms with Crippen molar-refractivity contribution in [1.82, 2.24) is 19.5 Å². The van der Waals surface area contributed by atoms with Gasteiger partial charge < -0.3 is 15.0 Å². The Morgan fingerprint density at radius 1 is 1.14 bits per heavy atom. The molecule has 0 saturated heterocycles. The van der Waals surface area contributed by atoms with Gasteiger partial charge in [-0.2, -0.15) is 0 Å². The van der Waals surface area contributed by atoms with Crippen LogP contribution in [0.5, 0.6) is 5.75 Å². The molecular weight excluding hydrogens is 418 g/mol. The van der Waals surface area contributed by atoms with Crippen LogP contribution in [0, 0.1) is 5.92 Å². The molecule has 3 aromatic heterocycles. The van der Waals surface area contributed by atoms with Crippen molar-refractivity contribution < 1.29 is 4.74 Å². The number of hydrogen-bond donors (Lipinski definition) is 1. The summed E-state index contributed by atoms with van der Waals surface area (Å²) in [4.78, 5) is 13.0. The van der Waals surface area contributed by atoms with Crippen molar-refractivity contribution in [2.75, 3.05) is 12.3 Å². The fourth-order valence-electron chi connectivity index (χ4n) is 4.12. The average Bonchev–Trinajstić information content (AvgIpc) is 3.33. The van der Waals surface area contributed by atoms with Gasteiger partial charge in [0.1, 0.15) is 23.5 Å². The largest absolute Gasteiger partial charge is 0.493 e. The summed E-state index contributed by atoms with van der Waals surface area (Å²) in [5.74, 6) is 1.94. The van der Waals surface area contributed by atoms with Gasteiger partial charge in [0, 0.05) is 34.4 Å². The van der Waals surface area contributed by atoms with Gasteiger partial charge in [0.15, 0.2) is 0 Å². The molecule has 28 heavy (non-hydrogen) atoms. The van der Waals surface area contributed by atoms with Crippen LogP contribution in [0.15, 0.2) is 53.5 Å². The summed E-state index contributed by atoms with van der Waals surface area (Å²) in [6.07, 6.45) is 8.77. The van der Waals surface area contributed by atoms with E-state index >= 15 is 0 Å². The van der Waals surface area contributed by atoms with Crippen molar-refractivity contribution in [2.45, 2.75) is 25.3 Å². The normalized spacial score (nSPS) is 19.5. The number of hydrogen-bond acceptors (Lipinski definition) is 5. The smallest absolute Gasteiger partial charge is 0.145 e. The van der Waals surface area contributed by atoms with E-state index in [0.717, 1.165) is 58.0 Å². The van der Waals surface area contributed by atoms with Crippen LogP contribution in [0.25, 0.3) is 21.9 Å². The standard InChI is InChI=1S/C21H20BrN5O/c22-15-8-14-2-4-17(9-19(14)24-10-15)28-11-13-1-3-16(7-13)27-6-5-18-20(23)25-12-26-21(18)27/h2,4-6,8-10,12-13,16H,1,3,7,11H2,(H2,23,25,26)/t13-,16+/m1/s1. The third-order valence-electron chi connectivity index (χ3n) is 5.55. The number of ether oxygens (including phenoxy) is 1. The van der Waals surface area contributed by atoms with E-state index in [4.69, 9.17) is 10.5 Å². The zero-order chi connectivity index (χ0) is 19.1. The first kappa shape index (κ1) is 17.4. The van der Waals surface area contributed by atoms with Crippen LogP contribution >= 0.6 is 15.9 Å². The van der Waals surface area contributed by atoms with Crippen molar-refractivity contribution >= 4 is 43.7 Å². The SMILES string of the molecule is Nc1ncnc2c1ccn2[C@H]1CC[C@@H](COc2ccc3cc(Br)cnc3c2)C1. The summed E-state index contributed by atoms with van der Waals surface area (Å²) < 4.78 is 9.32. The predicted octanol–water partition coefficient (Wildman–Crippen LogP) is 4.74. The fourth-order valence-corrected chi connectivity index (χ4v) is 4.46. The second kappa shape index (κ2) is 7.05. The van der Waals surface area contributed by atoms with Gasteiger partial charge in [-0.3, -0.25) is 4.98 Å². The van der Waals surface area contributed by atoms with Gasteiger partial charge in [-0.05, 0) is 65.4 Å². The number of nitrogens with zero attached hydrogens (tertiary/aromatic N) is 4. The van der Waals surface area contributed by atoms with E-state index in [1.165, 1.54) is 6.33 Å². The Balaban J connectivity index is 1.26. The van der Waals surface area contributed by atoms with Crippen LogP contribution in [-0.4, -0.2) is 26.1 Å². The van der Waals surface area contributed by atoms with Gasteiger partial charge >= 0.3 is 0 Å². The highest BCUT2D eigenvalue weighted by atomic mass is 79.9. The number of rotatable bonds is 4. The monoisotopic (exact) mass is 437 g/mol. The first-order valence-corrected chi connectivity index (χ1v) is 10.2. The molecule has 142 valence electrons.